The lowest BCUT2D eigenvalue weighted by Crippen LogP contribution is -2.22. The standard InChI is InChI=1S/C7H4Cl2N4OS/c8-4-1-10-7(14)13(2-4)3-5-6(9)15-12-11-5/h1-2H,3H2. The topological polar surface area (TPSA) is 60.7 Å². The average Bonchev–Trinajstić information content (AvgIpc) is 2.58. The van der Waals surface area contributed by atoms with Gasteiger partial charge in [0, 0.05) is 17.7 Å². The smallest absolute Gasteiger partial charge is 0.292 e. The van der Waals surface area contributed by atoms with Crippen LogP contribution >= 0.6 is 34.7 Å². The number of hydrogen-bond acceptors (Lipinski definition) is 5. The summed E-state index contributed by atoms with van der Waals surface area (Å²) in [5, 5.41) is 4.17. The molecule has 2 heterocycles. The summed E-state index contributed by atoms with van der Waals surface area (Å²) in [7, 11) is 0. The molecule has 0 spiro atoms. The van der Waals surface area contributed by atoms with E-state index in [-0.39, 0.29) is 6.54 Å². The minimum Gasteiger partial charge on any atom is -0.292 e. The minimum absolute atomic E-state index is 0.224. The van der Waals surface area contributed by atoms with E-state index in [1.807, 2.05) is 0 Å². The summed E-state index contributed by atoms with van der Waals surface area (Å²) in [5.74, 6) is 0. The van der Waals surface area contributed by atoms with Crippen LogP contribution in [0.4, 0.5) is 0 Å². The van der Waals surface area contributed by atoms with E-state index in [9.17, 15) is 4.79 Å². The van der Waals surface area contributed by atoms with Crippen LogP contribution in [0.1, 0.15) is 5.69 Å². The average molecular weight is 263 g/mol. The van der Waals surface area contributed by atoms with Gasteiger partial charge in [0.1, 0.15) is 10.0 Å². The van der Waals surface area contributed by atoms with Crippen molar-refractivity contribution in [3.8, 4) is 0 Å². The van der Waals surface area contributed by atoms with E-state index in [0.717, 1.165) is 11.5 Å². The summed E-state index contributed by atoms with van der Waals surface area (Å²) in [6, 6.07) is 0. The Kier molecular flexibility index (Phi) is 2.99. The number of aromatic nitrogens is 4. The van der Waals surface area contributed by atoms with E-state index < -0.39 is 5.69 Å². The molecule has 0 aliphatic heterocycles. The van der Waals surface area contributed by atoms with Crippen LogP contribution in [0.2, 0.25) is 9.36 Å². The van der Waals surface area contributed by atoms with Crippen molar-refractivity contribution in [2.24, 2.45) is 0 Å². The Morgan fingerprint density at radius 2 is 2.27 bits per heavy atom. The van der Waals surface area contributed by atoms with Crippen LogP contribution in [0.3, 0.4) is 0 Å². The van der Waals surface area contributed by atoms with Crippen molar-refractivity contribution in [1.82, 2.24) is 19.1 Å². The van der Waals surface area contributed by atoms with Gasteiger partial charge in [-0.05, 0) is 0 Å². The summed E-state index contributed by atoms with van der Waals surface area (Å²) in [4.78, 5) is 14.9. The van der Waals surface area contributed by atoms with Crippen molar-refractivity contribution in [1.29, 1.82) is 0 Å². The highest BCUT2D eigenvalue weighted by molar-refractivity contribution is 7.10. The highest BCUT2D eigenvalue weighted by Gasteiger charge is 2.07. The van der Waals surface area contributed by atoms with Crippen LogP contribution in [-0.2, 0) is 6.54 Å². The summed E-state index contributed by atoms with van der Waals surface area (Å²) in [5.41, 5.74) is 0.135. The molecule has 0 saturated heterocycles. The zero-order valence-corrected chi connectivity index (χ0v) is 9.55. The van der Waals surface area contributed by atoms with E-state index in [1.165, 1.54) is 17.0 Å². The molecule has 5 nitrogen and oxygen atoms in total. The molecule has 0 aliphatic rings. The number of nitrogens with zero attached hydrogens (tertiary/aromatic N) is 4. The van der Waals surface area contributed by atoms with E-state index in [1.54, 1.807) is 0 Å². The van der Waals surface area contributed by atoms with Crippen molar-refractivity contribution >= 4 is 34.7 Å². The monoisotopic (exact) mass is 262 g/mol. The second kappa shape index (κ2) is 4.26. The largest absolute Gasteiger partial charge is 0.347 e. The Labute approximate surface area is 98.5 Å². The van der Waals surface area contributed by atoms with Gasteiger partial charge in [0.15, 0.2) is 0 Å². The van der Waals surface area contributed by atoms with Crippen molar-refractivity contribution in [2.45, 2.75) is 6.54 Å². The fourth-order valence-electron chi connectivity index (χ4n) is 0.994. The lowest BCUT2D eigenvalue weighted by molar-refractivity contribution is 0.708. The van der Waals surface area contributed by atoms with Crippen LogP contribution in [0.5, 0.6) is 0 Å². The Balaban J connectivity index is 2.36. The van der Waals surface area contributed by atoms with Crippen LogP contribution in [0.15, 0.2) is 17.2 Å². The number of hydrogen-bond donors (Lipinski definition) is 0. The summed E-state index contributed by atoms with van der Waals surface area (Å²) >= 11 is 12.6. The zero-order chi connectivity index (χ0) is 10.8. The normalized spacial score (nSPS) is 10.5. The molecule has 8 heteroatoms. The predicted octanol–water partition coefficient (Wildman–Crippen LogP) is 1.45. The van der Waals surface area contributed by atoms with Crippen molar-refractivity contribution in [3.05, 3.63) is 37.9 Å². The molecule has 0 fully saturated rings. The fourth-order valence-corrected chi connectivity index (χ4v) is 1.77. The molecular formula is C7H4Cl2N4OS. The molecule has 0 aliphatic carbocycles. The maximum atomic E-state index is 11.3. The molecule has 78 valence electrons. The zero-order valence-electron chi connectivity index (χ0n) is 7.22. The third-order valence-corrected chi connectivity index (χ3v) is 2.83. The van der Waals surface area contributed by atoms with E-state index in [0.29, 0.717) is 15.1 Å². The molecule has 2 aromatic rings. The van der Waals surface area contributed by atoms with Crippen molar-refractivity contribution in [2.75, 3.05) is 0 Å². The van der Waals surface area contributed by atoms with Crippen molar-refractivity contribution < 1.29 is 0 Å². The van der Waals surface area contributed by atoms with E-state index in [2.05, 4.69) is 14.6 Å². The molecule has 2 aromatic heterocycles. The minimum atomic E-state index is -0.400. The van der Waals surface area contributed by atoms with Gasteiger partial charge in [-0.1, -0.05) is 27.7 Å². The highest BCUT2D eigenvalue weighted by atomic mass is 35.5. The van der Waals surface area contributed by atoms with E-state index in [4.69, 9.17) is 23.2 Å². The Morgan fingerprint density at radius 1 is 1.47 bits per heavy atom. The van der Waals surface area contributed by atoms with Crippen LogP contribution < -0.4 is 5.69 Å². The predicted molar refractivity (Wildman–Crippen MR) is 57.5 cm³/mol. The van der Waals surface area contributed by atoms with Gasteiger partial charge in [-0.2, -0.15) is 0 Å². The number of rotatable bonds is 2. The first kappa shape index (κ1) is 10.5. The SMILES string of the molecule is O=c1ncc(Cl)cn1Cc1nnsc1Cl. The van der Waals surface area contributed by atoms with Gasteiger partial charge < -0.3 is 0 Å². The summed E-state index contributed by atoms with van der Waals surface area (Å²) < 4.78 is 5.45. The van der Waals surface area contributed by atoms with Gasteiger partial charge in [0.05, 0.1) is 17.8 Å². The lowest BCUT2D eigenvalue weighted by Gasteiger charge is -2.01. The molecule has 0 bridgehead atoms. The van der Waals surface area contributed by atoms with Gasteiger partial charge >= 0.3 is 5.69 Å². The third-order valence-electron chi connectivity index (χ3n) is 1.65. The van der Waals surface area contributed by atoms with Crippen molar-refractivity contribution in [3.63, 3.8) is 0 Å². The maximum Gasteiger partial charge on any atom is 0.347 e. The quantitative estimate of drug-likeness (QED) is 0.822. The number of halogens is 2. The molecule has 2 rings (SSSR count). The van der Waals surface area contributed by atoms with Crippen LogP contribution in [0.25, 0.3) is 0 Å². The third kappa shape index (κ3) is 2.34. The van der Waals surface area contributed by atoms with Gasteiger partial charge in [0.25, 0.3) is 0 Å². The van der Waals surface area contributed by atoms with Gasteiger partial charge in [0.2, 0.25) is 0 Å². The molecular weight excluding hydrogens is 259 g/mol. The first-order chi connectivity index (χ1) is 7.16. The molecule has 15 heavy (non-hydrogen) atoms. The second-order valence-electron chi connectivity index (χ2n) is 2.68. The molecule has 0 radical (unpaired) electrons. The van der Waals surface area contributed by atoms with Crippen LogP contribution in [0, 0.1) is 0 Å². The second-order valence-corrected chi connectivity index (χ2v) is 4.47. The summed E-state index contributed by atoms with van der Waals surface area (Å²) in [6.45, 7) is 0.224. The maximum absolute atomic E-state index is 11.3. The molecule has 0 unspecified atom stereocenters. The first-order valence-corrected chi connectivity index (χ1v) is 5.38. The van der Waals surface area contributed by atoms with Crippen LogP contribution in [-0.4, -0.2) is 19.1 Å². The fraction of sp³-hybridized carbons (Fsp3) is 0.143. The highest BCUT2D eigenvalue weighted by Crippen LogP contribution is 2.17. The molecule has 0 aromatic carbocycles. The van der Waals surface area contributed by atoms with Gasteiger partial charge in [-0.25, -0.2) is 9.78 Å². The first-order valence-electron chi connectivity index (χ1n) is 3.85. The molecule has 0 saturated carbocycles. The Morgan fingerprint density at radius 3 is 2.93 bits per heavy atom. The summed E-state index contributed by atoms with van der Waals surface area (Å²) in [6.07, 6.45) is 2.77. The Hall–Kier alpha value is -0.980. The lowest BCUT2D eigenvalue weighted by atomic mass is 10.5. The van der Waals surface area contributed by atoms with Gasteiger partial charge in [-0.15, -0.1) is 5.10 Å². The van der Waals surface area contributed by atoms with E-state index >= 15 is 0 Å². The molecule has 0 atom stereocenters. The van der Waals surface area contributed by atoms with Gasteiger partial charge in [-0.3, -0.25) is 4.57 Å². The molecule has 0 amide bonds. The molecule has 0 N–H and O–H groups in total. The Bertz CT molecular complexity index is 538.